The molecule has 0 aromatic carbocycles. The molecule has 0 bridgehead atoms. The molecule has 0 radical (unpaired) electrons. The molecular weight excluding hydrogens is 470 g/mol. The molecule has 0 fully saturated rings. The van der Waals surface area contributed by atoms with Crippen LogP contribution in [0.25, 0.3) is 0 Å². The minimum Gasteiger partial charge on any atom is -0.227 e. The van der Waals surface area contributed by atoms with E-state index >= 15 is 0 Å². The van der Waals surface area contributed by atoms with Crippen LogP contribution in [0.5, 0.6) is 0 Å². The van der Waals surface area contributed by atoms with Crippen molar-refractivity contribution in [2.45, 2.75) is 201 Å². The highest BCUT2D eigenvalue weighted by atomic mass is 16.6. The number of unbranched alkanes of at least 4 members (excludes halogenated alkanes) is 24. The Bertz CT molecular complexity index is 492. The Hall–Kier alpha value is -0.740. The first-order valence-electron chi connectivity index (χ1n) is 17.2. The van der Waals surface area contributed by atoms with Gasteiger partial charge < -0.3 is 0 Å². The molecule has 0 aliphatic rings. The van der Waals surface area contributed by atoms with Crippen molar-refractivity contribution in [3.8, 4) is 0 Å². The molecule has 0 rings (SSSR count). The van der Waals surface area contributed by atoms with E-state index in [4.69, 9.17) is 0 Å². The van der Waals surface area contributed by atoms with Gasteiger partial charge in [-0.3, -0.25) is 0 Å². The fourth-order valence-corrected chi connectivity index (χ4v) is 5.45. The Labute approximate surface area is 238 Å². The van der Waals surface area contributed by atoms with Crippen molar-refractivity contribution in [2.24, 2.45) is 0 Å². The summed E-state index contributed by atoms with van der Waals surface area (Å²) in [5.74, 6) is -0.620. The van der Waals surface area contributed by atoms with Gasteiger partial charge >= 0.3 is 11.8 Å². The average molecular weight is 539 g/mol. The van der Waals surface area contributed by atoms with E-state index in [2.05, 4.69) is 13.8 Å². The van der Waals surface area contributed by atoms with Gasteiger partial charge in [0, 0.05) is 0 Å². The van der Waals surface area contributed by atoms with Crippen LogP contribution in [0.2, 0.25) is 0 Å². The first-order chi connectivity index (χ1) is 18.5. The van der Waals surface area contributed by atoms with E-state index in [9.17, 15) is 14.8 Å². The molecule has 4 heteroatoms. The van der Waals surface area contributed by atoms with Crippen molar-refractivity contribution in [1.82, 2.24) is 0 Å². The lowest BCUT2D eigenvalue weighted by molar-refractivity contribution is -0.974. The maximum absolute atomic E-state index is 12.7. The quantitative estimate of drug-likeness (QED) is 0.0446. The van der Waals surface area contributed by atoms with Gasteiger partial charge in [-0.15, -0.1) is 0 Å². The highest BCUT2D eigenvalue weighted by molar-refractivity contribution is 5.83. The fraction of sp³-hybridized carbons (Fsp3) is 0.941. The molecule has 0 aromatic rings. The fourth-order valence-electron chi connectivity index (χ4n) is 5.45. The Morgan fingerprint density at radius 3 is 0.816 bits per heavy atom. The minimum absolute atomic E-state index is 0.147. The van der Waals surface area contributed by atoms with Gasteiger partial charge in [-0.2, -0.15) is 0 Å². The topological polar surface area (TPSA) is 54.4 Å². The van der Waals surface area contributed by atoms with E-state index in [0.29, 0.717) is 12.8 Å². The van der Waals surface area contributed by atoms with Gasteiger partial charge in [0.05, 0.1) is 12.8 Å². The third-order valence-electron chi connectivity index (χ3n) is 8.27. The van der Waals surface area contributed by atoms with Gasteiger partial charge in [0.2, 0.25) is 0 Å². The van der Waals surface area contributed by atoms with Crippen LogP contribution in [-0.4, -0.2) is 28.2 Å². The molecule has 0 atom stereocenters. The Morgan fingerprint density at radius 2 is 0.605 bits per heavy atom. The third kappa shape index (κ3) is 21.1. The predicted octanol–water partition coefficient (Wildman–Crippen LogP) is 11.2. The standard InChI is InChI=1S/C34H68NO3/c1-4-7-9-11-13-15-17-19-21-23-25-27-29-31-33(36)35(38,6-3)34(37)32-30-28-26-24-22-20-18-16-14-12-10-8-5-2/h38H,4-32H2,1-3H3/q+1. The number of hydrogen-bond donors (Lipinski definition) is 1. The molecule has 0 heterocycles. The third-order valence-corrected chi connectivity index (χ3v) is 8.27. The number of carbonyl (C=O) groups is 2. The van der Waals surface area contributed by atoms with Crippen LogP contribution >= 0.6 is 0 Å². The minimum atomic E-state index is -0.990. The van der Waals surface area contributed by atoms with Gasteiger partial charge in [-0.05, 0) is 19.8 Å². The van der Waals surface area contributed by atoms with Crippen LogP contribution in [0.3, 0.4) is 0 Å². The summed E-state index contributed by atoms with van der Waals surface area (Å²) in [7, 11) is 0. The molecule has 0 aliphatic carbocycles. The van der Waals surface area contributed by atoms with Crippen molar-refractivity contribution in [3.05, 3.63) is 0 Å². The van der Waals surface area contributed by atoms with Gasteiger partial charge in [0.1, 0.15) is 6.54 Å². The summed E-state index contributed by atoms with van der Waals surface area (Å²) in [4.78, 5) is 25.3. The summed E-state index contributed by atoms with van der Waals surface area (Å²) in [6.07, 6.45) is 33.4. The second kappa shape index (κ2) is 27.8. The van der Waals surface area contributed by atoms with E-state index in [1.165, 1.54) is 128 Å². The number of carbonyl (C=O) groups excluding carboxylic acids is 2. The summed E-state index contributed by atoms with van der Waals surface area (Å²) in [6.45, 7) is 6.41. The van der Waals surface area contributed by atoms with Crippen molar-refractivity contribution < 1.29 is 19.4 Å². The van der Waals surface area contributed by atoms with Gasteiger partial charge in [-0.1, -0.05) is 173 Å². The number of hydroxylamine groups is 3. The molecule has 0 spiro atoms. The number of quaternary nitrogens is 1. The van der Waals surface area contributed by atoms with Crippen LogP contribution < -0.4 is 0 Å². The summed E-state index contributed by atoms with van der Waals surface area (Å²) < 4.78 is -0.990. The van der Waals surface area contributed by atoms with Crippen LogP contribution in [0, 0.1) is 0 Å². The predicted molar refractivity (Wildman–Crippen MR) is 163 cm³/mol. The summed E-state index contributed by atoms with van der Waals surface area (Å²) in [6, 6.07) is 0. The molecule has 0 aliphatic heterocycles. The van der Waals surface area contributed by atoms with Gasteiger partial charge in [0.15, 0.2) is 0 Å². The molecule has 226 valence electrons. The molecule has 0 aromatic heterocycles. The molecule has 0 unspecified atom stereocenters. The SMILES string of the molecule is CCCCCCCCCCCCCCCC(=O)[N+](O)(CC)C(=O)CCCCCCCCCCCCCCC. The van der Waals surface area contributed by atoms with Crippen molar-refractivity contribution in [2.75, 3.05) is 6.54 Å². The molecule has 38 heavy (non-hydrogen) atoms. The van der Waals surface area contributed by atoms with Gasteiger partial charge in [-0.25, -0.2) is 14.8 Å². The zero-order valence-corrected chi connectivity index (χ0v) is 26.2. The van der Waals surface area contributed by atoms with E-state index in [0.717, 1.165) is 38.5 Å². The zero-order chi connectivity index (χ0) is 28.2. The summed E-state index contributed by atoms with van der Waals surface area (Å²) in [5, 5.41) is 10.8. The zero-order valence-electron chi connectivity index (χ0n) is 26.2. The normalized spacial score (nSPS) is 11.8. The highest BCUT2D eigenvalue weighted by Gasteiger charge is 2.41. The largest absolute Gasteiger partial charge is 0.353 e. The Morgan fingerprint density at radius 1 is 0.395 bits per heavy atom. The average Bonchev–Trinajstić information content (AvgIpc) is 2.93. The highest BCUT2D eigenvalue weighted by Crippen LogP contribution is 2.18. The monoisotopic (exact) mass is 539 g/mol. The van der Waals surface area contributed by atoms with Crippen LogP contribution in [0.1, 0.15) is 201 Å². The van der Waals surface area contributed by atoms with Gasteiger partial charge in [0.25, 0.3) is 0 Å². The number of nitrogens with zero attached hydrogens (tertiary/aromatic N) is 1. The maximum Gasteiger partial charge on any atom is 0.353 e. The summed E-state index contributed by atoms with van der Waals surface area (Å²) in [5.41, 5.74) is 0. The maximum atomic E-state index is 12.7. The Balaban J connectivity index is 3.73. The number of imide groups is 1. The van der Waals surface area contributed by atoms with Crippen molar-refractivity contribution in [3.63, 3.8) is 0 Å². The van der Waals surface area contributed by atoms with E-state index in [-0.39, 0.29) is 18.4 Å². The van der Waals surface area contributed by atoms with E-state index < -0.39 is 4.65 Å². The van der Waals surface area contributed by atoms with Crippen LogP contribution in [-0.2, 0) is 9.59 Å². The lowest BCUT2D eigenvalue weighted by Gasteiger charge is -2.23. The number of hydrogen-bond acceptors (Lipinski definition) is 3. The molecular formula is C34H68NO3+. The molecule has 1 N–H and O–H groups in total. The smallest absolute Gasteiger partial charge is 0.227 e. The molecule has 0 saturated heterocycles. The number of amides is 2. The molecule has 4 nitrogen and oxygen atoms in total. The summed E-state index contributed by atoms with van der Waals surface area (Å²) >= 11 is 0. The van der Waals surface area contributed by atoms with Crippen molar-refractivity contribution in [1.29, 1.82) is 0 Å². The first kappa shape index (κ1) is 37.3. The second-order valence-corrected chi connectivity index (χ2v) is 11.9. The molecule has 0 saturated carbocycles. The van der Waals surface area contributed by atoms with Crippen LogP contribution in [0.4, 0.5) is 0 Å². The lowest BCUT2D eigenvalue weighted by atomic mass is 10.0. The first-order valence-corrected chi connectivity index (χ1v) is 17.2. The lowest BCUT2D eigenvalue weighted by Crippen LogP contribution is -2.54. The second-order valence-electron chi connectivity index (χ2n) is 11.9. The van der Waals surface area contributed by atoms with Crippen LogP contribution in [0.15, 0.2) is 0 Å². The van der Waals surface area contributed by atoms with Crippen molar-refractivity contribution >= 4 is 11.8 Å². The van der Waals surface area contributed by atoms with E-state index in [1.54, 1.807) is 6.92 Å². The Kier molecular flexibility index (Phi) is 27.3. The van der Waals surface area contributed by atoms with E-state index in [1.807, 2.05) is 0 Å². The number of rotatable bonds is 29. The molecule has 2 amide bonds.